The third kappa shape index (κ3) is 4.67. The first kappa shape index (κ1) is 21.2. The Hall–Kier alpha value is -1.99. The number of benzene rings is 1. The number of rotatable bonds is 8. The van der Waals surface area contributed by atoms with Crippen LogP contribution in [-0.4, -0.2) is 59.1 Å². The maximum Gasteiger partial charge on any atom is 0.209 e. The summed E-state index contributed by atoms with van der Waals surface area (Å²) in [6.45, 7) is 12.8. The fourth-order valence-corrected chi connectivity index (χ4v) is 4.96. The van der Waals surface area contributed by atoms with Gasteiger partial charge in [0.15, 0.2) is 0 Å². The average molecular weight is 414 g/mol. The number of nitrogens with zero attached hydrogens (tertiary/aromatic N) is 5. The zero-order chi connectivity index (χ0) is 20.9. The minimum Gasteiger partial charge on any atom is -0.376 e. The van der Waals surface area contributed by atoms with Crippen molar-refractivity contribution in [2.24, 2.45) is 0 Å². The Labute approximate surface area is 180 Å². The summed E-state index contributed by atoms with van der Waals surface area (Å²) in [5.74, 6) is 1.05. The number of ether oxygens (including phenoxy) is 1. The predicted molar refractivity (Wildman–Crippen MR) is 118 cm³/mol. The monoisotopic (exact) mass is 413 g/mol. The van der Waals surface area contributed by atoms with Gasteiger partial charge in [0, 0.05) is 18.7 Å². The van der Waals surface area contributed by atoms with E-state index in [1.54, 1.807) is 4.90 Å². The molecule has 7 nitrogen and oxygen atoms in total. The number of hydrogen-bond donors (Lipinski definition) is 1. The van der Waals surface area contributed by atoms with Crippen LogP contribution in [-0.2, 0) is 11.3 Å². The van der Waals surface area contributed by atoms with Gasteiger partial charge in [-0.1, -0.05) is 25.5 Å². The van der Waals surface area contributed by atoms with E-state index in [-0.39, 0.29) is 6.10 Å². The molecule has 7 heteroatoms. The van der Waals surface area contributed by atoms with Gasteiger partial charge in [-0.25, -0.2) is 4.68 Å². The van der Waals surface area contributed by atoms with E-state index in [9.17, 15) is 0 Å². The van der Waals surface area contributed by atoms with Gasteiger partial charge in [0.1, 0.15) is 6.04 Å². The number of aryl methyl sites for hydroxylation is 1. The van der Waals surface area contributed by atoms with Gasteiger partial charge in [-0.15, -0.1) is 5.10 Å². The molecule has 0 bridgehead atoms. The summed E-state index contributed by atoms with van der Waals surface area (Å²) in [6.07, 6.45) is 6.07. The molecule has 2 fully saturated rings. The molecule has 1 aromatic heterocycles. The van der Waals surface area contributed by atoms with Crippen molar-refractivity contribution in [3.63, 3.8) is 0 Å². The van der Waals surface area contributed by atoms with Crippen LogP contribution in [0, 0.1) is 13.8 Å². The highest BCUT2D eigenvalue weighted by atomic mass is 16.5. The first-order valence-electron chi connectivity index (χ1n) is 11.7. The Morgan fingerprint density at radius 2 is 2.07 bits per heavy atom. The maximum atomic E-state index is 5.84. The number of piperazine rings is 1. The van der Waals surface area contributed by atoms with Crippen LogP contribution in [0.25, 0.3) is 0 Å². The Morgan fingerprint density at radius 1 is 1.23 bits per heavy atom. The second-order valence-electron chi connectivity index (χ2n) is 8.91. The molecule has 0 amide bonds. The van der Waals surface area contributed by atoms with Gasteiger partial charge in [0.2, 0.25) is 5.82 Å². The summed E-state index contributed by atoms with van der Waals surface area (Å²) in [5.41, 5.74) is 4.17. The fraction of sp³-hybridized carbons (Fsp3) is 0.696. The van der Waals surface area contributed by atoms with Crippen molar-refractivity contribution in [3.05, 3.63) is 35.2 Å². The molecular weight excluding hydrogens is 376 g/mol. The number of unbranched alkanes of at least 4 members (excludes halogenated alkanes) is 1. The number of anilines is 1. The zero-order valence-electron chi connectivity index (χ0n) is 18.8. The van der Waals surface area contributed by atoms with Crippen LogP contribution in [0.4, 0.5) is 5.69 Å². The lowest BCUT2D eigenvalue weighted by molar-refractivity contribution is -0.933. The third-order valence-corrected chi connectivity index (χ3v) is 6.93. The molecule has 2 aliphatic heterocycles. The molecule has 2 saturated heterocycles. The molecule has 4 rings (SSSR count). The molecule has 30 heavy (non-hydrogen) atoms. The van der Waals surface area contributed by atoms with E-state index in [1.165, 1.54) is 29.7 Å². The standard InChI is InChI=1S/C23H36N6O/c1-4-5-10-22(23-24-25-26-29(23)17-20-9-7-16-30-20)28-14-12-27(13-15-28)21-11-6-8-18(2)19(21)3/h6,8,11,20,22H,4-5,7,9-10,12-17H2,1-3H3/p+1/t20-,22-/m1/s1. The largest absolute Gasteiger partial charge is 0.376 e. The van der Waals surface area contributed by atoms with E-state index < -0.39 is 0 Å². The second-order valence-corrected chi connectivity index (χ2v) is 8.91. The van der Waals surface area contributed by atoms with Crippen molar-refractivity contribution < 1.29 is 9.64 Å². The SMILES string of the molecule is CCCC[C@H](c1nnnn1C[C@H]1CCCO1)[NH+]1CCN(c2cccc(C)c2C)CC1. The summed E-state index contributed by atoms with van der Waals surface area (Å²) < 4.78 is 7.87. The Balaban J connectivity index is 1.46. The van der Waals surface area contributed by atoms with Gasteiger partial charge in [0.05, 0.1) is 38.8 Å². The molecule has 2 aliphatic rings. The molecule has 0 saturated carbocycles. The van der Waals surface area contributed by atoms with Crippen molar-refractivity contribution >= 4 is 5.69 Å². The molecule has 164 valence electrons. The number of hydrogen-bond acceptors (Lipinski definition) is 5. The van der Waals surface area contributed by atoms with Crippen molar-refractivity contribution in [2.45, 2.75) is 71.6 Å². The molecule has 1 aromatic carbocycles. The van der Waals surface area contributed by atoms with Crippen LogP contribution in [0.1, 0.15) is 62.0 Å². The molecule has 3 heterocycles. The summed E-state index contributed by atoms with van der Waals surface area (Å²) in [5, 5.41) is 12.9. The van der Waals surface area contributed by atoms with Gasteiger partial charge in [0.25, 0.3) is 0 Å². The molecule has 0 aliphatic carbocycles. The highest BCUT2D eigenvalue weighted by Crippen LogP contribution is 2.23. The highest BCUT2D eigenvalue weighted by molar-refractivity contribution is 5.56. The average Bonchev–Trinajstić information content (AvgIpc) is 3.44. The van der Waals surface area contributed by atoms with Crippen molar-refractivity contribution in [3.8, 4) is 0 Å². The second kappa shape index (κ2) is 9.88. The van der Waals surface area contributed by atoms with Crippen LogP contribution in [0.15, 0.2) is 18.2 Å². The van der Waals surface area contributed by atoms with Gasteiger partial charge in [-0.2, -0.15) is 0 Å². The van der Waals surface area contributed by atoms with Gasteiger partial charge < -0.3 is 14.5 Å². The van der Waals surface area contributed by atoms with E-state index in [1.807, 2.05) is 4.68 Å². The quantitative estimate of drug-likeness (QED) is 0.718. The lowest BCUT2D eigenvalue weighted by Gasteiger charge is -2.38. The lowest BCUT2D eigenvalue weighted by atomic mass is 10.0. The molecule has 2 atom stereocenters. The molecular formula is C23H37N6O+. The smallest absolute Gasteiger partial charge is 0.209 e. The van der Waals surface area contributed by atoms with Crippen LogP contribution < -0.4 is 9.80 Å². The van der Waals surface area contributed by atoms with Crippen molar-refractivity contribution in [1.82, 2.24) is 20.2 Å². The summed E-state index contributed by atoms with van der Waals surface area (Å²) in [6, 6.07) is 7.02. The van der Waals surface area contributed by atoms with Gasteiger partial charge in [-0.05, 0) is 60.7 Å². The Kier molecular flexibility index (Phi) is 7.00. The van der Waals surface area contributed by atoms with E-state index in [2.05, 4.69) is 59.4 Å². The fourth-order valence-electron chi connectivity index (χ4n) is 4.96. The zero-order valence-corrected chi connectivity index (χ0v) is 18.8. The Morgan fingerprint density at radius 3 is 2.80 bits per heavy atom. The van der Waals surface area contributed by atoms with E-state index >= 15 is 0 Å². The van der Waals surface area contributed by atoms with Crippen LogP contribution in [0.2, 0.25) is 0 Å². The lowest BCUT2D eigenvalue weighted by Crippen LogP contribution is -3.15. The molecule has 2 aromatic rings. The van der Waals surface area contributed by atoms with Gasteiger partial charge in [-0.3, -0.25) is 0 Å². The van der Waals surface area contributed by atoms with Gasteiger partial charge >= 0.3 is 0 Å². The molecule has 1 N–H and O–H groups in total. The molecule has 0 radical (unpaired) electrons. The first-order valence-corrected chi connectivity index (χ1v) is 11.7. The van der Waals surface area contributed by atoms with Crippen LogP contribution in [0.5, 0.6) is 0 Å². The number of nitrogens with one attached hydrogen (secondary N) is 1. The van der Waals surface area contributed by atoms with E-state index in [4.69, 9.17) is 4.74 Å². The number of tetrazole rings is 1. The van der Waals surface area contributed by atoms with Crippen LogP contribution >= 0.6 is 0 Å². The van der Waals surface area contributed by atoms with E-state index in [0.717, 1.165) is 64.4 Å². The first-order chi connectivity index (χ1) is 14.7. The van der Waals surface area contributed by atoms with E-state index in [0.29, 0.717) is 6.04 Å². The molecule has 0 unspecified atom stereocenters. The van der Waals surface area contributed by atoms with Crippen molar-refractivity contribution in [2.75, 3.05) is 37.7 Å². The maximum absolute atomic E-state index is 5.84. The minimum absolute atomic E-state index is 0.259. The number of aromatic nitrogens is 4. The highest BCUT2D eigenvalue weighted by Gasteiger charge is 2.33. The topological polar surface area (TPSA) is 60.5 Å². The molecule has 0 spiro atoms. The summed E-state index contributed by atoms with van der Waals surface area (Å²) >= 11 is 0. The predicted octanol–water partition coefficient (Wildman–Crippen LogP) is 2.11. The minimum atomic E-state index is 0.259. The van der Waals surface area contributed by atoms with Crippen LogP contribution in [0.3, 0.4) is 0 Å². The summed E-state index contributed by atoms with van der Waals surface area (Å²) in [7, 11) is 0. The summed E-state index contributed by atoms with van der Waals surface area (Å²) in [4.78, 5) is 4.17. The third-order valence-electron chi connectivity index (χ3n) is 6.93. The van der Waals surface area contributed by atoms with Crippen molar-refractivity contribution in [1.29, 1.82) is 0 Å². The Bertz CT molecular complexity index is 808. The normalized spacial score (nSPS) is 21.3. The number of quaternary nitrogens is 1.